The second kappa shape index (κ2) is 10.3. The zero-order chi connectivity index (χ0) is 18.9. The van der Waals surface area contributed by atoms with Crippen LogP contribution in [0, 0.1) is 11.8 Å². The molecular weight excluding hydrogens is 310 g/mol. The Morgan fingerprint density at radius 1 is 1.21 bits per heavy atom. The SMILES string of the molecule is COC(=O)C/C=C/[C@H](C)[C@@H](O)[C@H](CC(C)C)NC(=O)OC(C)(C)C. The maximum Gasteiger partial charge on any atom is 0.407 e. The monoisotopic (exact) mass is 343 g/mol. The second-order valence-corrected chi connectivity index (χ2v) is 7.44. The third-order valence-corrected chi connectivity index (χ3v) is 3.33. The zero-order valence-corrected chi connectivity index (χ0v) is 16.0. The van der Waals surface area contributed by atoms with Gasteiger partial charge in [0, 0.05) is 5.92 Å². The first-order valence-corrected chi connectivity index (χ1v) is 8.37. The highest BCUT2D eigenvalue weighted by atomic mass is 16.6. The van der Waals surface area contributed by atoms with Crippen molar-refractivity contribution in [1.29, 1.82) is 0 Å². The van der Waals surface area contributed by atoms with Crippen molar-refractivity contribution < 1.29 is 24.2 Å². The lowest BCUT2D eigenvalue weighted by Gasteiger charge is -2.30. The molecule has 3 atom stereocenters. The molecule has 0 saturated carbocycles. The number of hydrogen-bond donors (Lipinski definition) is 2. The number of hydrogen-bond acceptors (Lipinski definition) is 5. The Hall–Kier alpha value is -1.56. The van der Waals surface area contributed by atoms with Crippen molar-refractivity contribution in [2.24, 2.45) is 11.8 Å². The fourth-order valence-corrected chi connectivity index (χ4v) is 2.19. The molecule has 0 aromatic carbocycles. The maximum atomic E-state index is 12.0. The normalized spacial score (nSPS) is 15.9. The van der Waals surface area contributed by atoms with Gasteiger partial charge in [-0.05, 0) is 33.1 Å². The summed E-state index contributed by atoms with van der Waals surface area (Å²) in [6.45, 7) is 11.3. The molecule has 0 aromatic rings. The van der Waals surface area contributed by atoms with E-state index in [1.807, 2.05) is 20.8 Å². The van der Waals surface area contributed by atoms with E-state index in [1.54, 1.807) is 32.9 Å². The fourth-order valence-electron chi connectivity index (χ4n) is 2.19. The number of ether oxygens (including phenoxy) is 2. The largest absolute Gasteiger partial charge is 0.469 e. The van der Waals surface area contributed by atoms with Gasteiger partial charge in [-0.15, -0.1) is 0 Å². The van der Waals surface area contributed by atoms with Gasteiger partial charge in [-0.1, -0.05) is 32.9 Å². The lowest BCUT2D eigenvalue weighted by atomic mass is 9.91. The number of carbonyl (C=O) groups excluding carboxylic acids is 2. The number of alkyl carbamates (subject to hydrolysis) is 1. The summed E-state index contributed by atoms with van der Waals surface area (Å²) in [6, 6.07) is -0.433. The Balaban J connectivity index is 4.83. The number of methoxy groups -OCH3 is 1. The summed E-state index contributed by atoms with van der Waals surface area (Å²) < 4.78 is 9.83. The molecule has 24 heavy (non-hydrogen) atoms. The molecular formula is C18H33NO5. The van der Waals surface area contributed by atoms with Crippen LogP contribution in [0.3, 0.4) is 0 Å². The number of amides is 1. The minimum absolute atomic E-state index is 0.155. The van der Waals surface area contributed by atoms with Crippen LogP contribution in [0.4, 0.5) is 4.79 Å². The lowest BCUT2D eigenvalue weighted by molar-refractivity contribution is -0.139. The predicted octanol–water partition coefficient (Wildman–Crippen LogP) is 3.04. The number of rotatable bonds is 8. The molecule has 0 bridgehead atoms. The van der Waals surface area contributed by atoms with Crippen LogP contribution in [0.2, 0.25) is 0 Å². The number of nitrogens with one attached hydrogen (secondary N) is 1. The van der Waals surface area contributed by atoms with Crippen molar-refractivity contribution in [2.75, 3.05) is 7.11 Å². The standard InChI is InChI=1S/C18H33NO5/c1-12(2)11-14(19-17(22)24-18(4,5)6)16(21)13(3)9-8-10-15(20)23-7/h8-9,12-14,16,21H,10-11H2,1-7H3,(H,19,22)/b9-8+/t13-,14-,16+/m0/s1. The van der Waals surface area contributed by atoms with Crippen molar-refractivity contribution in [3.63, 3.8) is 0 Å². The van der Waals surface area contributed by atoms with Crippen molar-refractivity contribution in [3.8, 4) is 0 Å². The van der Waals surface area contributed by atoms with Gasteiger partial charge < -0.3 is 19.9 Å². The first kappa shape index (κ1) is 22.4. The third-order valence-electron chi connectivity index (χ3n) is 3.33. The quantitative estimate of drug-likeness (QED) is 0.523. The maximum absolute atomic E-state index is 12.0. The van der Waals surface area contributed by atoms with Crippen LogP contribution >= 0.6 is 0 Å². The van der Waals surface area contributed by atoms with E-state index in [-0.39, 0.29) is 18.3 Å². The van der Waals surface area contributed by atoms with Crippen LogP contribution in [0.25, 0.3) is 0 Å². The Bertz CT molecular complexity index is 426. The molecule has 0 heterocycles. The molecule has 0 saturated heterocycles. The Morgan fingerprint density at radius 3 is 2.25 bits per heavy atom. The van der Waals surface area contributed by atoms with Gasteiger partial charge >= 0.3 is 12.1 Å². The summed E-state index contributed by atoms with van der Waals surface area (Å²) in [7, 11) is 1.33. The Morgan fingerprint density at radius 2 is 1.79 bits per heavy atom. The minimum Gasteiger partial charge on any atom is -0.469 e. The fraction of sp³-hybridized carbons (Fsp3) is 0.778. The van der Waals surface area contributed by atoms with Gasteiger partial charge in [0.15, 0.2) is 0 Å². The van der Waals surface area contributed by atoms with Crippen LogP contribution < -0.4 is 5.32 Å². The summed E-state index contributed by atoms with van der Waals surface area (Å²) in [4.78, 5) is 23.1. The molecule has 0 aliphatic rings. The van der Waals surface area contributed by atoms with Crippen molar-refractivity contribution >= 4 is 12.1 Å². The molecule has 0 aliphatic heterocycles. The number of aliphatic hydroxyl groups excluding tert-OH is 1. The summed E-state index contributed by atoms with van der Waals surface area (Å²) in [5.41, 5.74) is -0.594. The molecule has 6 nitrogen and oxygen atoms in total. The van der Waals surface area contributed by atoms with E-state index in [1.165, 1.54) is 7.11 Å². The van der Waals surface area contributed by atoms with Crippen LogP contribution in [0.5, 0.6) is 0 Å². The first-order chi connectivity index (χ1) is 11.0. The first-order valence-electron chi connectivity index (χ1n) is 8.37. The minimum atomic E-state index is -0.784. The second-order valence-electron chi connectivity index (χ2n) is 7.44. The molecule has 0 aromatic heterocycles. The number of aliphatic hydroxyl groups is 1. The Labute approximate surface area is 145 Å². The topological polar surface area (TPSA) is 84.9 Å². The molecule has 0 unspecified atom stereocenters. The average Bonchev–Trinajstić information content (AvgIpc) is 2.42. The van der Waals surface area contributed by atoms with E-state index < -0.39 is 23.8 Å². The summed E-state index contributed by atoms with van der Waals surface area (Å²) in [6.07, 6.45) is 2.87. The van der Waals surface area contributed by atoms with E-state index >= 15 is 0 Å². The highest BCUT2D eigenvalue weighted by Crippen LogP contribution is 2.17. The average molecular weight is 343 g/mol. The molecule has 0 radical (unpaired) electrons. The van der Waals surface area contributed by atoms with E-state index in [0.717, 1.165) is 0 Å². The zero-order valence-electron chi connectivity index (χ0n) is 16.0. The van der Waals surface area contributed by atoms with Gasteiger partial charge in [-0.2, -0.15) is 0 Å². The molecule has 2 N–H and O–H groups in total. The van der Waals surface area contributed by atoms with Gasteiger partial charge in [0.1, 0.15) is 5.60 Å². The molecule has 0 rings (SSSR count). The van der Waals surface area contributed by atoms with Crippen LogP contribution in [-0.4, -0.2) is 42.0 Å². The van der Waals surface area contributed by atoms with Gasteiger partial charge in [-0.3, -0.25) is 4.79 Å². The molecule has 0 spiro atoms. The van der Waals surface area contributed by atoms with Crippen molar-refractivity contribution in [3.05, 3.63) is 12.2 Å². The number of carbonyl (C=O) groups is 2. The molecule has 0 fully saturated rings. The van der Waals surface area contributed by atoms with Gasteiger partial charge in [-0.25, -0.2) is 4.79 Å². The van der Waals surface area contributed by atoms with Crippen LogP contribution in [-0.2, 0) is 14.3 Å². The van der Waals surface area contributed by atoms with Gasteiger partial charge in [0.25, 0.3) is 0 Å². The van der Waals surface area contributed by atoms with E-state index in [4.69, 9.17) is 4.74 Å². The van der Waals surface area contributed by atoms with Crippen molar-refractivity contribution in [2.45, 2.75) is 72.1 Å². The third kappa shape index (κ3) is 10.3. The Kier molecular flexibility index (Phi) is 9.66. The highest BCUT2D eigenvalue weighted by molar-refractivity contribution is 5.70. The van der Waals surface area contributed by atoms with E-state index in [0.29, 0.717) is 12.3 Å². The lowest BCUT2D eigenvalue weighted by Crippen LogP contribution is -2.48. The van der Waals surface area contributed by atoms with Crippen molar-refractivity contribution in [1.82, 2.24) is 5.32 Å². The molecule has 0 aliphatic carbocycles. The highest BCUT2D eigenvalue weighted by Gasteiger charge is 2.27. The molecule has 140 valence electrons. The predicted molar refractivity (Wildman–Crippen MR) is 93.6 cm³/mol. The molecule has 6 heteroatoms. The summed E-state index contributed by atoms with van der Waals surface area (Å²) in [5, 5.41) is 13.3. The van der Waals surface area contributed by atoms with E-state index in [2.05, 4.69) is 10.1 Å². The summed E-state index contributed by atoms with van der Waals surface area (Å²) in [5.74, 6) is -0.266. The van der Waals surface area contributed by atoms with Gasteiger partial charge in [0.05, 0.1) is 25.7 Å². The van der Waals surface area contributed by atoms with Gasteiger partial charge in [0.2, 0.25) is 0 Å². The smallest absolute Gasteiger partial charge is 0.407 e. The van der Waals surface area contributed by atoms with Crippen LogP contribution in [0.1, 0.15) is 54.4 Å². The summed E-state index contributed by atoms with van der Waals surface area (Å²) >= 11 is 0. The number of esters is 1. The van der Waals surface area contributed by atoms with Crippen LogP contribution in [0.15, 0.2) is 12.2 Å². The molecule has 1 amide bonds. The van der Waals surface area contributed by atoms with E-state index in [9.17, 15) is 14.7 Å².